The molecule has 1 amide bonds. The maximum atomic E-state index is 12.2. The molecular weight excluding hydrogens is 294 g/mol. The van der Waals surface area contributed by atoms with E-state index in [9.17, 15) is 9.90 Å². The van der Waals surface area contributed by atoms with Crippen LogP contribution in [0, 0.1) is 0 Å². The third kappa shape index (κ3) is 4.09. The summed E-state index contributed by atoms with van der Waals surface area (Å²) in [6.45, 7) is 5.13. The van der Waals surface area contributed by atoms with Crippen molar-refractivity contribution in [3.8, 4) is 0 Å². The average molecular weight is 319 g/mol. The molecule has 2 saturated heterocycles. The molecule has 3 rings (SSSR count). The van der Waals surface area contributed by atoms with E-state index in [0.29, 0.717) is 18.7 Å². The number of rotatable bonds is 4. The highest BCUT2D eigenvalue weighted by Gasteiger charge is 2.38. The van der Waals surface area contributed by atoms with Gasteiger partial charge in [-0.15, -0.1) is 0 Å². The lowest BCUT2D eigenvalue weighted by Crippen LogP contribution is -2.50. The minimum absolute atomic E-state index is 0.168. The van der Waals surface area contributed by atoms with Crippen molar-refractivity contribution in [2.24, 2.45) is 0 Å². The molecule has 6 heteroatoms. The minimum Gasteiger partial charge on any atom is -0.388 e. The van der Waals surface area contributed by atoms with Gasteiger partial charge in [-0.1, -0.05) is 18.2 Å². The monoisotopic (exact) mass is 319 g/mol. The summed E-state index contributed by atoms with van der Waals surface area (Å²) in [7, 11) is 2.12. The van der Waals surface area contributed by atoms with Crippen LogP contribution in [0.5, 0.6) is 0 Å². The van der Waals surface area contributed by atoms with Gasteiger partial charge in [-0.25, -0.2) is 0 Å². The smallest absolute Gasteiger partial charge is 0.251 e. The third-order valence-electron chi connectivity index (χ3n) is 4.67. The lowest BCUT2D eigenvalue weighted by Gasteiger charge is -2.34. The fourth-order valence-electron chi connectivity index (χ4n) is 3.10. The van der Waals surface area contributed by atoms with Gasteiger partial charge in [-0.3, -0.25) is 9.69 Å². The Labute approximate surface area is 137 Å². The number of benzene rings is 1. The Bertz CT molecular complexity index is 517. The summed E-state index contributed by atoms with van der Waals surface area (Å²) >= 11 is 0. The van der Waals surface area contributed by atoms with Crippen LogP contribution in [0.4, 0.5) is 0 Å². The second-order valence-corrected chi connectivity index (χ2v) is 6.41. The molecule has 0 radical (unpaired) electrons. The number of ether oxygens (including phenoxy) is 1. The fraction of sp³-hybridized carbons (Fsp3) is 0.588. The largest absolute Gasteiger partial charge is 0.388 e. The van der Waals surface area contributed by atoms with E-state index in [0.717, 1.165) is 26.2 Å². The number of aliphatic hydroxyl groups is 1. The second-order valence-electron chi connectivity index (χ2n) is 6.41. The van der Waals surface area contributed by atoms with Gasteiger partial charge in [0.2, 0.25) is 0 Å². The minimum atomic E-state index is -0.665. The molecule has 3 unspecified atom stereocenters. The number of hydrogen-bond acceptors (Lipinski definition) is 5. The van der Waals surface area contributed by atoms with Crippen LogP contribution in [0.3, 0.4) is 0 Å². The molecule has 0 aliphatic carbocycles. The number of likely N-dealkylation sites (N-methyl/N-ethyl adjacent to an activating group) is 1. The van der Waals surface area contributed by atoms with Gasteiger partial charge in [-0.05, 0) is 19.2 Å². The number of amides is 1. The first-order chi connectivity index (χ1) is 11.1. The topological polar surface area (TPSA) is 65.0 Å². The number of nitrogens with one attached hydrogen (secondary N) is 1. The molecule has 0 saturated carbocycles. The van der Waals surface area contributed by atoms with Gasteiger partial charge >= 0.3 is 0 Å². The van der Waals surface area contributed by atoms with E-state index in [2.05, 4.69) is 22.2 Å². The van der Waals surface area contributed by atoms with Gasteiger partial charge in [0.05, 0.1) is 18.8 Å². The molecule has 0 spiro atoms. The van der Waals surface area contributed by atoms with Crippen LogP contribution in [0.1, 0.15) is 10.4 Å². The van der Waals surface area contributed by atoms with Crippen molar-refractivity contribution in [3.05, 3.63) is 35.9 Å². The summed E-state index contributed by atoms with van der Waals surface area (Å²) < 4.78 is 5.72. The van der Waals surface area contributed by atoms with Crippen molar-refractivity contribution in [3.63, 3.8) is 0 Å². The summed E-state index contributed by atoms with van der Waals surface area (Å²) in [5.41, 5.74) is 0.599. The molecule has 2 heterocycles. The first kappa shape index (κ1) is 16.4. The predicted molar refractivity (Wildman–Crippen MR) is 87.4 cm³/mol. The fourth-order valence-corrected chi connectivity index (χ4v) is 3.10. The molecule has 1 aromatic carbocycles. The maximum Gasteiger partial charge on any atom is 0.251 e. The number of carbonyl (C=O) groups excluding carboxylic acids is 1. The summed E-state index contributed by atoms with van der Waals surface area (Å²) in [5.74, 6) is -0.168. The van der Waals surface area contributed by atoms with E-state index < -0.39 is 6.10 Å². The molecule has 2 aliphatic rings. The van der Waals surface area contributed by atoms with E-state index in [1.807, 2.05) is 18.2 Å². The highest BCUT2D eigenvalue weighted by atomic mass is 16.5. The van der Waals surface area contributed by atoms with Crippen molar-refractivity contribution >= 4 is 5.91 Å². The highest BCUT2D eigenvalue weighted by molar-refractivity contribution is 5.94. The third-order valence-corrected chi connectivity index (χ3v) is 4.67. The molecule has 2 fully saturated rings. The Morgan fingerprint density at radius 3 is 2.65 bits per heavy atom. The van der Waals surface area contributed by atoms with Gasteiger partial charge in [0.15, 0.2) is 0 Å². The van der Waals surface area contributed by atoms with Crippen LogP contribution >= 0.6 is 0 Å². The number of nitrogens with zero attached hydrogens (tertiary/aromatic N) is 2. The van der Waals surface area contributed by atoms with E-state index in [1.54, 1.807) is 12.1 Å². The summed E-state index contributed by atoms with van der Waals surface area (Å²) in [6, 6.07) is 8.70. The van der Waals surface area contributed by atoms with Crippen LogP contribution in [0.15, 0.2) is 30.3 Å². The quantitative estimate of drug-likeness (QED) is 0.804. The first-order valence-electron chi connectivity index (χ1n) is 8.20. The number of hydrogen-bond donors (Lipinski definition) is 2. The number of carbonyl (C=O) groups is 1. The lowest BCUT2D eigenvalue weighted by atomic mass is 10.1. The Morgan fingerprint density at radius 2 is 1.96 bits per heavy atom. The molecule has 0 aromatic heterocycles. The van der Waals surface area contributed by atoms with E-state index in [4.69, 9.17) is 4.74 Å². The van der Waals surface area contributed by atoms with Gasteiger partial charge in [0, 0.05) is 38.3 Å². The molecule has 2 N–H and O–H groups in total. The highest BCUT2D eigenvalue weighted by Crippen LogP contribution is 2.17. The number of piperazine rings is 1. The Kier molecular flexibility index (Phi) is 5.27. The lowest BCUT2D eigenvalue weighted by molar-refractivity contribution is 0.00606. The van der Waals surface area contributed by atoms with Crippen molar-refractivity contribution in [1.29, 1.82) is 0 Å². The Hall–Kier alpha value is -1.47. The molecule has 6 nitrogen and oxygen atoms in total. The van der Waals surface area contributed by atoms with Crippen molar-refractivity contribution in [2.45, 2.75) is 18.2 Å². The SMILES string of the molecule is CN1CCN(CC2OCC(NC(=O)c3ccccc3)C2O)CC1. The normalized spacial score (nSPS) is 29.6. The predicted octanol–water partition coefficient (Wildman–Crippen LogP) is -0.208. The van der Waals surface area contributed by atoms with Crippen LogP contribution in [-0.4, -0.2) is 85.4 Å². The van der Waals surface area contributed by atoms with Crippen LogP contribution < -0.4 is 5.32 Å². The van der Waals surface area contributed by atoms with Gasteiger partial charge in [-0.2, -0.15) is 0 Å². The van der Waals surface area contributed by atoms with Gasteiger partial charge < -0.3 is 20.1 Å². The van der Waals surface area contributed by atoms with Crippen molar-refractivity contribution in [1.82, 2.24) is 15.1 Å². The Balaban J connectivity index is 1.50. The average Bonchev–Trinajstić information content (AvgIpc) is 2.91. The van der Waals surface area contributed by atoms with E-state index >= 15 is 0 Å². The molecule has 126 valence electrons. The molecule has 23 heavy (non-hydrogen) atoms. The second kappa shape index (κ2) is 7.40. The number of aliphatic hydroxyl groups excluding tert-OH is 1. The molecule has 3 atom stereocenters. The standard InChI is InChI=1S/C17H25N3O3/c1-19-7-9-20(10-8-19)11-15-16(21)14(12-23-15)18-17(22)13-5-3-2-4-6-13/h2-6,14-16,21H,7-12H2,1H3,(H,18,22). The zero-order valence-electron chi connectivity index (χ0n) is 13.5. The van der Waals surface area contributed by atoms with E-state index in [1.165, 1.54) is 0 Å². The van der Waals surface area contributed by atoms with Crippen molar-refractivity contribution < 1.29 is 14.6 Å². The van der Waals surface area contributed by atoms with Gasteiger partial charge in [0.1, 0.15) is 6.10 Å². The molecular formula is C17H25N3O3. The zero-order valence-corrected chi connectivity index (χ0v) is 13.5. The maximum absolute atomic E-state index is 12.2. The van der Waals surface area contributed by atoms with Gasteiger partial charge in [0.25, 0.3) is 5.91 Å². The van der Waals surface area contributed by atoms with Crippen LogP contribution in [0.2, 0.25) is 0 Å². The van der Waals surface area contributed by atoms with Crippen molar-refractivity contribution in [2.75, 3.05) is 46.4 Å². The molecule has 2 aliphatic heterocycles. The molecule has 1 aromatic rings. The zero-order chi connectivity index (χ0) is 16.2. The summed E-state index contributed by atoms with van der Waals surface area (Å²) in [6.07, 6.45) is -0.901. The Morgan fingerprint density at radius 1 is 1.26 bits per heavy atom. The van der Waals surface area contributed by atoms with Crippen LogP contribution in [0.25, 0.3) is 0 Å². The molecule has 0 bridgehead atoms. The van der Waals surface area contributed by atoms with E-state index in [-0.39, 0.29) is 18.1 Å². The first-order valence-corrected chi connectivity index (χ1v) is 8.20. The summed E-state index contributed by atoms with van der Waals surface area (Å²) in [4.78, 5) is 16.8. The summed E-state index contributed by atoms with van der Waals surface area (Å²) in [5, 5.41) is 13.3. The van der Waals surface area contributed by atoms with Crippen LogP contribution in [-0.2, 0) is 4.74 Å².